The van der Waals surface area contributed by atoms with Gasteiger partial charge < -0.3 is 10.1 Å². The van der Waals surface area contributed by atoms with Gasteiger partial charge in [0.2, 0.25) is 0 Å². The molecule has 0 radical (unpaired) electrons. The largest absolute Gasteiger partial charge is 0.379 e. The van der Waals surface area contributed by atoms with E-state index in [4.69, 9.17) is 9.84 Å². The molecule has 1 N–H and O–H groups in total. The highest BCUT2D eigenvalue weighted by molar-refractivity contribution is 7.12. The molecule has 4 rings (SSSR count). The van der Waals surface area contributed by atoms with Gasteiger partial charge >= 0.3 is 0 Å². The molecule has 7 heteroatoms. The topological polar surface area (TPSA) is 42.3 Å². The fraction of sp³-hybridized carbons (Fsp3) is 0.409. The number of halogens is 1. The number of hydrogen-bond acceptors (Lipinski definition) is 5. The number of benzene rings is 1. The van der Waals surface area contributed by atoms with Gasteiger partial charge in [0.25, 0.3) is 0 Å². The summed E-state index contributed by atoms with van der Waals surface area (Å²) in [6, 6.07) is 8.93. The third-order valence-corrected chi connectivity index (χ3v) is 6.18. The van der Waals surface area contributed by atoms with Crippen LogP contribution in [0.1, 0.15) is 15.3 Å². The first-order valence-corrected chi connectivity index (χ1v) is 10.8. The van der Waals surface area contributed by atoms with Crippen molar-refractivity contribution in [1.29, 1.82) is 0 Å². The molecule has 29 heavy (non-hydrogen) atoms. The molecule has 0 atom stereocenters. The van der Waals surface area contributed by atoms with Gasteiger partial charge in [-0.15, -0.1) is 11.3 Å². The highest BCUT2D eigenvalue weighted by Crippen LogP contribution is 2.32. The Morgan fingerprint density at radius 1 is 1.21 bits per heavy atom. The van der Waals surface area contributed by atoms with Crippen LogP contribution in [-0.4, -0.2) is 54.1 Å². The van der Waals surface area contributed by atoms with Crippen LogP contribution in [0.15, 0.2) is 36.5 Å². The molecule has 1 saturated heterocycles. The van der Waals surface area contributed by atoms with E-state index in [-0.39, 0.29) is 5.82 Å². The van der Waals surface area contributed by atoms with Crippen molar-refractivity contribution in [1.82, 2.24) is 20.0 Å². The summed E-state index contributed by atoms with van der Waals surface area (Å²) >= 11 is 1.77. The Morgan fingerprint density at radius 2 is 2.00 bits per heavy atom. The van der Waals surface area contributed by atoms with Gasteiger partial charge in [0.15, 0.2) is 0 Å². The molecule has 1 aliphatic rings. The number of nitrogens with zero attached hydrogens (tertiary/aromatic N) is 3. The van der Waals surface area contributed by atoms with Crippen molar-refractivity contribution in [2.24, 2.45) is 0 Å². The van der Waals surface area contributed by atoms with Crippen LogP contribution >= 0.6 is 11.3 Å². The van der Waals surface area contributed by atoms with Gasteiger partial charge in [-0.2, -0.15) is 5.10 Å². The normalized spacial score (nSPS) is 15.1. The summed E-state index contributed by atoms with van der Waals surface area (Å²) < 4.78 is 21.4. The van der Waals surface area contributed by atoms with E-state index >= 15 is 0 Å². The first-order chi connectivity index (χ1) is 14.1. The summed E-state index contributed by atoms with van der Waals surface area (Å²) in [7, 11) is 0. The minimum absolute atomic E-state index is 0.272. The molecule has 0 unspecified atom stereocenters. The Hall–Kier alpha value is -2.06. The fourth-order valence-corrected chi connectivity index (χ4v) is 4.60. The lowest BCUT2D eigenvalue weighted by molar-refractivity contribution is 0.0384. The number of aryl methyl sites for hydroxylation is 2. The monoisotopic (exact) mass is 414 g/mol. The first kappa shape index (κ1) is 20.2. The van der Waals surface area contributed by atoms with E-state index in [0.717, 1.165) is 56.2 Å². The minimum Gasteiger partial charge on any atom is -0.379 e. The van der Waals surface area contributed by atoms with E-state index in [9.17, 15) is 4.39 Å². The van der Waals surface area contributed by atoms with Crippen LogP contribution in [0, 0.1) is 19.7 Å². The molecule has 2 aromatic heterocycles. The predicted octanol–water partition coefficient (Wildman–Crippen LogP) is 3.78. The fourth-order valence-electron chi connectivity index (χ4n) is 3.68. The highest BCUT2D eigenvalue weighted by atomic mass is 32.1. The van der Waals surface area contributed by atoms with Crippen LogP contribution < -0.4 is 5.32 Å². The van der Waals surface area contributed by atoms with E-state index < -0.39 is 0 Å². The van der Waals surface area contributed by atoms with Crippen molar-refractivity contribution in [3.05, 3.63) is 57.7 Å². The third kappa shape index (κ3) is 4.75. The number of hydrogen-bond donors (Lipinski definition) is 1. The Balaban J connectivity index is 1.54. The van der Waals surface area contributed by atoms with Crippen LogP contribution in [-0.2, 0) is 11.3 Å². The number of rotatable bonds is 7. The standard InChI is InChI=1S/C22H27FN4OS/c1-16-13-19(17(2)29-16)22-18(14-24-7-8-26-9-11-28-12-10-26)15-27(25-22)21-6-4-3-5-20(21)23/h3-6,13,15,24H,7-12,14H2,1-2H3. The smallest absolute Gasteiger partial charge is 0.148 e. The summed E-state index contributed by atoms with van der Waals surface area (Å²) in [6.45, 7) is 10.4. The van der Waals surface area contributed by atoms with Gasteiger partial charge in [-0.3, -0.25) is 4.90 Å². The Labute approximate surface area is 175 Å². The summed E-state index contributed by atoms with van der Waals surface area (Å²) in [5.41, 5.74) is 3.61. The molecule has 5 nitrogen and oxygen atoms in total. The lowest BCUT2D eigenvalue weighted by Gasteiger charge is -2.26. The molecule has 3 heterocycles. The van der Waals surface area contributed by atoms with Crippen molar-refractivity contribution in [3.8, 4) is 16.9 Å². The Morgan fingerprint density at radius 3 is 2.72 bits per heavy atom. The zero-order chi connectivity index (χ0) is 20.2. The number of aromatic nitrogens is 2. The summed E-state index contributed by atoms with van der Waals surface area (Å²) in [5, 5.41) is 8.31. The van der Waals surface area contributed by atoms with E-state index in [1.165, 1.54) is 15.8 Å². The second-order valence-corrected chi connectivity index (χ2v) is 8.82. The van der Waals surface area contributed by atoms with Gasteiger partial charge in [0.05, 0.1) is 18.9 Å². The van der Waals surface area contributed by atoms with Gasteiger partial charge in [0, 0.05) is 59.8 Å². The minimum atomic E-state index is -0.272. The maximum atomic E-state index is 14.3. The van der Waals surface area contributed by atoms with Gasteiger partial charge in [-0.25, -0.2) is 9.07 Å². The van der Waals surface area contributed by atoms with Crippen LogP contribution in [0.3, 0.4) is 0 Å². The molecule has 1 aromatic carbocycles. The van der Waals surface area contributed by atoms with Crippen LogP contribution in [0.2, 0.25) is 0 Å². The zero-order valence-electron chi connectivity index (χ0n) is 16.9. The molecule has 154 valence electrons. The van der Waals surface area contributed by atoms with Crippen LogP contribution in [0.5, 0.6) is 0 Å². The number of morpholine rings is 1. The number of nitrogens with one attached hydrogen (secondary N) is 1. The van der Waals surface area contributed by atoms with Crippen LogP contribution in [0.4, 0.5) is 4.39 Å². The van der Waals surface area contributed by atoms with Gasteiger partial charge in [0.1, 0.15) is 11.5 Å². The summed E-state index contributed by atoms with van der Waals surface area (Å²) in [4.78, 5) is 4.90. The van der Waals surface area contributed by atoms with Crippen molar-refractivity contribution in [2.45, 2.75) is 20.4 Å². The molecule has 0 saturated carbocycles. The maximum Gasteiger partial charge on any atom is 0.148 e. The average Bonchev–Trinajstić information content (AvgIpc) is 3.28. The van der Waals surface area contributed by atoms with E-state index in [1.807, 2.05) is 12.3 Å². The number of para-hydroxylation sites is 1. The van der Waals surface area contributed by atoms with Crippen molar-refractivity contribution < 1.29 is 9.13 Å². The molecular weight excluding hydrogens is 387 g/mol. The Kier molecular flexibility index (Phi) is 6.40. The van der Waals surface area contributed by atoms with Crippen molar-refractivity contribution in [2.75, 3.05) is 39.4 Å². The lowest BCUT2D eigenvalue weighted by atomic mass is 10.1. The highest BCUT2D eigenvalue weighted by Gasteiger charge is 2.17. The maximum absolute atomic E-state index is 14.3. The molecular formula is C22H27FN4OS. The quantitative estimate of drug-likeness (QED) is 0.598. The molecule has 0 bridgehead atoms. The van der Waals surface area contributed by atoms with Crippen LogP contribution in [0.25, 0.3) is 16.9 Å². The molecule has 0 spiro atoms. The van der Waals surface area contributed by atoms with E-state index in [2.05, 4.69) is 30.1 Å². The third-order valence-electron chi connectivity index (χ3n) is 5.21. The summed E-state index contributed by atoms with van der Waals surface area (Å²) in [6.07, 6.45) is 1.95. The SMILES string of the molecule is Cc1cc(-c2nn(-c3ccccc3F)cc2CNCCN2CCOCC2)c(C)s1. The van der Waals surface area contributed by atoms with Gasteiger partial charge in [-0.1, -0.05) is 12.1 Å². The summed E-state index contributed by atoms with van der Waals surface area (Å²) in [5.74, 6) is -0.272. The van der Waals surface area contributed by atoms with E-state index in [0.29, 0.717) is 12.2 Å². The van der Waals surface area contributed by atoms with Crippen molar-refractivity contribution >= 4 is 11.3 Å². The number of thiophene rings is 1. The van der Waals surface area contributed by atoms with E-state index in [1.54, 1.807) is 28.2 Å². The molecule has 1 aliphatic heterocycles. The average molecular weight is 415 g/mol. The van der Waals surface area contributed by atoms with Crippen molar-refractivity contribution in [3.63, 3.8) is 0 Å². The molecule has 0 amide bonds. The Bertz CT molecular complexity index is 962. The second kappa shape index (κ2) is 9.17. The first-order valence-electron chi connectivity index (χ1n) is 10.0. The molecule has 3 aromatic rings. The number of ether oxygens (including phenoxy) is 1. The molecule has 0 aliphatic carbocycles. The predicted molar refractivity (Wildman–Crippen MR) is 115 cm³/mol. The lowest BCUT2D eigenvalue weighted by Crippen LogP contribution is -2.40. The zero-order valence-corrected chi connectivity index (χ0v) is 17.8. The van der Waals surface area contributed by atoms with Gasteiger partial charge in [-0.05, 0) is 32.0 Å². The molecule has 1 fully saturated rings. The second-order valence-electron chi connectivity index (χ2n) is 7.36.